The van der Waals surface area contributed by atoms with Gasteiger partial charge in [0, 0.05) is 13.1 Å². The van der Waals surface area contributed by atoms with Crippen LogP contribution in [-0.2, 0) is 26.2 Å². The number of nitrogens with zero attached hydrogens (tertiary/aromatic N) is 2. The Morgan fingerprint density at radius 1 is 0.923 bits per heavy atom. The van der Waals surface area contributed by atoms with Crippen molar-refractivity contribution in [2.45, 2.75) is 51.6 Å². The second-order valence-electron chi connectivity index (χ2n) is 9.81. The van der Waals surface area contributed by atoms with E-state index in [1.807, 2.05) is 52.0 Å². The molecule has 0 aliphatic rings. The number of para-hydroxylation sites is 1. The molecule has 0 saturated carbocycles. The van der Waals surface area contributed by atoms with Crippen molar-refractivity contribution in [2.75, 3.05) is 17.4 Å². The van der Waals surface area contributed by atoms with Crippen molar-refractivity contribution >= 4 is 27.5 Å². The van der Waals surface area contributed by atoms with Gasteiger partial charge < -0.3 is 10.2 Å². The second kappa shape index (κ2) is 13.4. The summed E-state index contributed by atoms with van der Waals surface area (Å²) in [6.07, 6.45) is 0.345. The van der Waals surface area contributed by atoms with Crippen molar-refractivity contribution in [1.82, 2.24) is 10.2 Å². The maximum absolute atomic E-state index is 14.0. The molecule has 0 bridgehead atoms. The third-order valence-corrected chi connectivity index (χ3v) is 8.19. The molecule has 0 aromatic heterocycles. The standard InChI is InChI=1S/C30H36FN3O4S/c1-5-28(30(36)32-19-22(2)3)33(20-24-12-10-9-11-23(24)4)29(35)21-34(26-13-7-6-8-14-26)39(37,38)27-17-15-25(31)16-18-27/h6-18,22,28H,5,19-21H2,1-4H3,(H,32,36)/t28-/m1/s1. The lowest BCUT2D eigenvalue weighted by Gasteiger charge is -2.33. The van der Waals surface area contributed by atoms with Gasteiger partial charge in [-0.05, 0) is 66.8 Å². The van der Waals surface area contributed by atoms with Crippen molar-refractivity contribution < 1.29 is 22.4 Å². The van der Waals surface area contributed by atoms with Crippen LogP contribution in [0.15, 0.2) is 83.8 Å². The Kier molecular flexibility index (Phi) is 10.2. The lowest BCUT2D eigenvalue weighted by molar-refractivity contribution is -0.140. The molecule has 0 saturated heterocycles. The van der Waals surface area contributed by atoms with Gasteiger partial charge in [0.25, 0.3) is 10.0 Å². The summed E-state index contributed by atoms with van der Waals surface area (Å²) in [5, 5.41) is 2.92. The molecule has 208 valence electrons. The number of sulfonamides is 1. The summed E-state index contributed by atoms with van der Waals surface area (Å²) >= 11 is 0. The molecule has 0 spiro atoms. The van der Waals surface area contributed by atoms with Gasteiger partial charge in [0.2, 0.25) is 11.8 Å². The Labute approximate surface area is 230 Å². The fourth-order valence-corrected chi connectivity index (χ4v) is 5.58. The van der Waals surface area contributed by atoms with Gasteiger partial charge in [-0.15, -0.1) is 0 Å². The molecule has 9 heteroatoms. The van der Waals surface area contributed by atoms with E-state index in [1.54, 1.807) is 30.3 Å². The minimum Gasteiger partial charge on any atom is -0.354 e. The van der Waals surface area contributed by atoms with Gasteiger partial charge in [-0.2, -0.15) is 0 Å². The number of hydrogen-bond acceptors (Lipinski definition) is 4. The Balaban J connectivity index is 2.03. The highest BCUT2D eigenvalue weighted by molar-refractivity contribution is 7.92. The van der Waals surface area contributed by atoms with E-state index in [2.05, 4.69) is 5.32 Å². The average molecular weight is 554 g/mol. The molecule has 0 radical (unpaired) electrons. The number of rotatable bonds is 12. The summed E-state index contributed by atoms with van der Waals surface area (Å²) in [4.78, 5) is 28.5. The van der Waals surface area contributed by atoms with E-state index in [4.69, 9.17) is 0 Å². The molecule has 3 aromatic carbocycles. The molecule has 0 heterocycles. The number of amides is 2. The predicted octanol–water partition coefficient (Wildman–Crippen LogP) is 4.91. The number of aryl methyl sites for hydroxylation is 1. The lowest BCUT2D eigenvalue weighted by atomic mass is 10.1. The van der Waals surface area contributed by atoms with Gasteiger partial charge in [-0.25, -0.2) is 12.8 Å². The first-order chi connectivity index (χ1) is 18.5. The van der Waals surface area contributed by atoms with Crippen LogP contribution >= 0.6 is 0 Å². The maximum Gasteiger partial charge on any atom is 0.264 e. The van der Waals surface area contributed by atoms with E-state index in [0.717, 1.165) is 27.6 Å². The third kappa shape index (κ3) is 7.66. The molecular weight excluding hydrogens is 517 g/mol. The van der Waals surface area contributed by atoms with Crippen LogP contribution < -0.4 is 9.62 Å². The molecule has 7 nitrogen and oxygen atoms in total. The highest BCUT2D eigenvalue weighted by atomic mass is 32.2. The molecule has 0 aliphatic carbocycles. The fourth-order valence-electron chi connectivity index (χ4n) is 4.17. The molecule has 0 unspecified atom stereocenters. The van der Waals surface area contributed by atoms with Crippen LogP contribution in [0.4, 0.5) is 10.1 Å². The topological polar surface area (TPSA) is 86.8 Å². The van der Waals surface area contributed by atoms with Crippen molar-refractivity contribution in [3.8, 4) is 0 Å². The van der Waals surface area contributed by atoms with Gasteiger partial charge in [-0.1, -0.05) is 63.2 Å². The van der Waals surface area contributed by atoms with Crippen LogP contribution in [0.2, 0.25) is 0 Å². The summed E-state index contributed by atoms with van der Waals surface area (Å²) in [6, 6.07) is 19.5. The van der Waals surface area contributed by atoms with E-state index in [9.17, 15) is 22.4 Å². The molecule has 39 heavy (non-hydrogen) atoms. The van der Waals surface area contributed by atoms with E-state index >= 15 is 0 Å². The molecule has 3 rings (SSSR count). The molecule has 0 fully saturated rings. The van der Waals surface area contributed by atoms with Crippen molar-refractivity contribution in [3.05, 3.63) is 95.8 Å². The van der Waals surface area contributed by atoms with E-state index in [-0.39, 0.29) is 29.0 Å². The highest BCUT2D eigenvalue weighted by Crippen LogP contribution is 2.25. The molecule has 1 N–H and O–H groups in total. The summed E-state index contributed by atoms with van der Waals surface area (Å²) in [7, 11) is -4.24. The van der Waals surface area contributed by atoms with Crippen molar-refractivity contribution in [3.63, 3.8) is 0 Å². The first-order valence-electron chi connectivity index (χ1n) is 13.0. The summed E-state index contributed by atoms with van der Waals surface area (Å²) in [5.41, 5.74) is 2.09. The number of nitrogens with one attached hydrogen (secondary N) is 1. The van der Waals surface area contributed by atoms with Crippen LogP contribution in [0.25, 0.3) is 0 Å². The van der Waals surface area contributed by atoms with Crippen molar-refractivity contribution in [2.24, 2.45) is 5.92 Å². The molecule has 3 aromatic rings. The Morgan fingerprint density at radius 2 is 1.54 bits per heavy atom. The lowest BCUT2D eigenvalue weighted by Crippen LogP contribution is -2.52. The van der Waals surface area contributed by atoms with E-state index < -0.39 is 34.3 Å². The number of halogens is 1. The van der Waals surface area contributed by atoms with Crippen LogP contribution in [-0.4, -0.2) is 44.3 Å². The summed E-state index contributed by atoms with van der Waals surface area (Å²) in [5.74, 6) is -1.17. The number of carbonyl (C=O) groups is 2. The molecule has 2 amide bonds. The highest BCUT2D eigenvalue weighted by Gasteiger charge is 2.33. The SMILES string of the molecule is CC[C@H](C(=O)NCC(C)C)N(Cc1ccccc1C)C(=O)CN(c1ccccc1)S(=O)(=O)c1ccc(F)cc1. The van der Waals surface area contributed by atoms with Gasteiger partial charge in [-0.3, -0.25) is 13.9 Å². The van der Waals surface area contributed by atoms with Crippen molar-refractivity contribution in [1.29, 1.82) is 0 Å². The maximum atomic E-state index is 14.0. The largest absolute Gasteiger partial charge is 0.354 e. The Morgan fingerprint density at radius 3 is 2.13 bits per heavy atom. The van der Waals surface area contributed by atoms with Gasteiger partial charge in [0.05, 0.1) is 10.6 Å². The number of hydrogen-bond donors (Lipinski definition) is 1. The minimum absolute atomic E-state index is 0.137. The van der Waals surface area contributed by atoms with Gasteiger partial charge in [0.15, 0.2) is 0 Å². The number of carbonyl (C=O) groups excluding carboxylic acids is 2. The van der Waals surface area contributed by atoms with Crippen LogP contribution in [0, 0.1) is 18.7 Å². The first-order valence-corrected chi connectivity index (χ1v) is 14.4. The fraction of sp³-hybridized carbons (Fsp3) is 0.333. The monoisotopic (exact) mass is 553 g/mol. The van der Waals surface area contributed by atoms with Gasteiger partial charge in [0.1, 0.15) is 18.4 Å². The first kappa shape index (κ1) is 29.8. The molecule has 1 atom stereocenters. The summed E-state index contributed by atoms with van der Waals surface area (Å²) in [6.45, 7) is 7.76. The third-order valence-electron chi connectivity index (χ3n) is 6.40. The van der Waals surface area contributed by atoms with E-state index in [0.29, 0.717) is 13.0 Å². The zero-order valence-electron chi connectivity index (χ0n) is 22.8. The predicted molar refractivity (Wildman–Crippen MR) is 151 cm³/mol. The van der Waals surface area contributed by atoms with Crippen LogP contribution in [0.3, 0.4) is 0 Å². The Bertz CT molecular complexity index is 1360. The Hall–Kier alpha value is -3.72. The minimum atomic E-state index is -4.24. The van der Waals surface area contributed by atoms with E-state index in [1.165, 1.54) is 17.0 Å². The quantitative estimate of drug-likeness (QED) is 0.345. The number of benzene rings is 3. The second-order valence-corrected chi connectivity index (χ2v) is 11.7. The zero-order valence-corrected chi connectivity index (χ0v) is 23.6. The van der Waals surface area contributed by atoms with Crippen LogP contribution in [0.5, 0.6) is 0 Å². The average Bonchev–Trinajstić information content (AvgIpc) is 2.92. The van der Waals surface area contributed by atoms with Gasteiger partial charge >= 0.3 is 0 Å². The number of anilines is 1. The zero-order chi connectivity index (χ0) is 28.6. The van der Waals surface area contributed by atoms with Crippen LogP contribution in [0.1, 0.15) is 38.3 Å². The molecular formula is C30H36FN3O4S. The normalized spacial score (nSPS) is 12.2. The molecule has 0 aliphatic heterocycles. The smallest absolute Gasteiger partial charge is 0.264 e. The summed E-state index contributed by atoms with van der Waals surface area (Å²) < 4.78 is 42.0.